The Bertz CT molecular complexity index is 772. The standard InChI is InChI=1S/C20H21F3N2O2/c21-20(22,23)16-6-4-5-15(13-16)14-18(19(26)27)25-11-9-24(10-12-25)17-7-2-1-3-8-17/h1-8,13,18H,9-12,14H2,(H,26,27)/t18-/m1/s1. The molecule has 7 heteroatoms. The Morgan fingerprint density at radius 1 is 1.00 bits per heavy atom. The molecule has 1 heterocycles. The number of alkyl halides is 3. The predicted octanol–water partition coefficient (Wildman–Crippen LogP) is 3.52. The second kappa shape index (κ2) is 8.00. The number of hydrogen-bond donors (Lipinski definition) is 1. The molecule has 1 aliphatic heterocycles. The lowest BCUT2D eigenvalue weighted by Gasteiger charge is -2.38. The van der Waals surface area contributed by atoms with Gasteiger partial charge in [0.2, 0.25) is 0 Å². The fourth-order valence-corrected chi connectivity index (χ4v) is 3.40. The van der Waals surface area contributed by atoms with E-state index < -0.39 is 23.8 Å². The first-order valence-corrected chi connectivity index (χ1v) is 8.77. The Kier molecular flexibility index (Phi) is 5.70. The van der Waals surface area contributed by atoms with Gasteiger partial charge in [-0.15, -0.1) is 0 Å². The third-order valence-corrected chi connectivity index (χ3v) is 4.84. The molecule has 0 amide bonds. The maximum Gasteiger partial charge on any atom is 0.416 e. The van der Waals surface area contributed by atoms with Crippen LogP contribution in [0.3, 0.4) is 0 Å². The summed E-state index contributed by atoms with van der Waals surface area (Å²) in [7, 11) is 0. The zero-order chi connectivity index (χ0) is 19.4. The van der Waals surface area contributed by atoms with E-state index in [9.17, 15) is 23.1 Å². The fraction of sp³-hybridized carbons (Fsp3) is 0.350. The second-order valence-corrected chi connectivity index (χ2v) is 6.61. The molecular weight excluding hydrogens is 357 g/mol. The van der Waals surface area contributed by atoms with Gasteiger partial charge >= 0.3 is 12.1 Å². The number of carbonyl (C=O) groups is 1. The number of hydrogen-bond acceptors (Lipinski definition) is 3. The van der Waals surface area contributed by atoms with Gasteiger partial charge in [0.15, 0.2) is 0 Å². The molecule has 27 heavy (non-hydrogen) atoms. The molecule has 0 aromatic heterocycles. The monoisotopic (exact) mass is 378 g/mol. The molecule has 0 unspecified atom stereocenters. The fourth-order valence-electron chi connectivity index (χ4n) is 3.40. The number of anilines is 1. The van der Waals surface area contributed by atoms with E-state index in [0.29, 0.717) is 31.7 Å². The van der Waals surface area contributed by atoms with Crippen LogP contribution >= 0.6 is 0 Å². The average molecular weight is 378 g/mol. The van der Waals surface area contributed by atoms with Gasteiger partial charge in [-0.1, -0.05) is 36.4 Å². The van der Waals surface area contributed by atoms with Crippen molar-refractivity contribution in [2.75, 3.05) is 31.1 Å². The van der Waals surface area contributed by atoms with E-state index in [1.165, 1.54) is 6.07 Å². The molecule has 1 atom stereocenters. The van der Waals surface area contributed by atoms with Gasteiger partial charge in [0.25, 0.3) is 0 Å². The van der Waals surface area contributed by atoms with Crippen molar-refractivity contribution in [2.24, 2.45) is 0 Å². The van der Waals surface area contributed by atoms with Crippen molar-refractivity contribution in [3.63, 3.8) is 0 Å². The average Bonchev–Trinajstić information content (AvgIpc) is 2.66. The number of carboxylic acids is 1. The van der Waals surface area contributed by atoms with Crippen molar-refractivity contribution in [1.29, 1.82) is 0 Å². The number of halogens is 3. The highest BCUT2D eigenvalue weighted by Crippen LogP contribution is 2.30. The lowest BCUT2D eigenvalue weighted by molar-refractivity contribution is -0.143. The number of carboxylic acid groups (broad SMARTS) is 1. The first-order chi connectivity index (χ1) is 12.8. The van der Waals surface area contributed by atoms with Crippen molar-refractivity contribution < 1.29 is 23.1 Å². The Hall–Kier alpha value is -2.54. The van der Waals surface area contributed by atoms with E-state index in [0.717, 1.165) is 17.8 Å². The van der Waals surface area contributed by atoms with Crippen LogP contribution in [-0.2, 0) is 17.4 Å². The van der Waals surface area contributed by atoms with Crippen LogP contribution in [0.1, 0.15) is 11.1 Å². The minimum absolute atomic E-state index is 0.0462. The van der Waals surface area contributed by atoms with E-state index in [1.54, 1.807) is 6.07 Å². The minimum Gasteiger partial charge on any atom is -0.480 e. The van der Waals surface area contributed by atoms with Crippen molar-refractivity contribution >= 4 is 11.7 Å². The first-order valence-electron chi connectivity index (χ1n) is 8.77. The molecule has 0 bridgehead atoms. The van der Waals surface area contributed by atoms with Gasteiger partial charge in [-0.05, 0) is 30.2 Å². The lowest BCUT2D eigenvalue weighted by Crippen LogP contribution is -2.53. The van der Waals surface area contributed by atoms with Crippen LogP contribution in [0, 0.1) is 0 Å². The maximum absolute atomic E-state index is 12.9. The molecular formula is C20H21F3N2O2. The van der Waals surface area contributed by atoms with Crippen LogP contribution in [0.5, 0.6) is 0 Å². The van der Waals surface area contributed by atoms with Crippen LogP contribution < -0.4 is 4.90 Å². The molecule has 1 aliphatic rings. The number of para-hydroxylation sites is 1. The van der Waals surface area contributed by atoms with Crippen LogP contribution in [0.2, 0.25) is 0 Å². The summed E-state index contributed by atoms with van der Waals surface area (Å²) in [5.74, 6) is -1.01. The SMILES string of the molecule is O=C(O)[C@@H](Cc1cccc(C(F)(F)F)c1)N1CCN(c2ccccc2)CC1. The quantitative estimate of drug-likeness (QED) is 0.865. The molecule has 1 saturated heterocycles. The van der Waals surface area contributed by atoms with Gasteiger partial charge in [0.1, 0.15) is 6.04 Å². The Morgan fingerprint density at radius 2 is 1.67 bits per heavy atom. The van der Waals surface area contributed by atoms with Crippen LogP contribution in [0.15, 0.2) is 54.6 Å². The summed E-state index contributed by atoms with van der Waals surface area (Å²) < 4.78 is 38.7. The lowest BCUT2D eigenvalue weighted by atomic mass is 10.0. The smallest absolute Gasteiger partial charge is 0.416 e. The second-order valence-electron chi connectivity index (χ2n) is 6.61. The largest absolute Gasteiger partial charge is 0.480 e. The van der Waals surface area contributed by atoms with Gasteiger partial charge < -0.3 is 10.0 Å². The van der Waals surface area contributed by atoms with Crippen molar-refractivity contribution in [2.45, 2.75) is 18.6 Å². The summed E-state index contributed by atoms with van der Waals surface area (Å²) in [6, 6.07) is 13.9. The molecule has 0 spiro atoms. The Balaban J connectivity index is 1.68. The molecule has 0 saturated carbocycles. The zero-order valence-electron chi connectivity index (χ0n) is 14.7. The van der Waals surface area contributed by atoms with Gasteiger partial charge in [-0.2, -0.15) is 13.2 Å². The topological polar surface area (TPSA) is 43.8 Å². The third kappa shape index (κ3) is 4.80. The molecule has 2 aromatic rings. The number of nitrogens with zero attached hydrogens (tertiary/aromatic N) is 2. The number of benzene rings is 2. The van der Waals surface area contributed by atoms with Gasteiger partial charge in [0, 0.05) is 31.9 Å². The van der Waals surface area contributed by atoms with E-state index in [1.807, 2.05) is 35.2 Å². The molecule has 4 nitrogen and oxygen atoms in total. The van der Waals surface area contributed by atoms with E-state index in [4.69, 9.17) is 0 Å². The third-order valence-electron chi connectivity index (χ3n) is 4.84. The Morgan fingerprint density at radius 3 is 2.26 bits per heavy atom. The van der Waals surface area contributed by atoms with Crippen molar-refractivity contribution in [3.8, 4) is 0 Å². The van der Waals surface area contributed by atoms with Crippen LogP contribution in [-0.4, -0.2) is 48.2 Å². The number of aliphatic carboxylic acids is 1. The van der Waals surface area contributed by atoms with Crippen LogP contribution in [0.25, 0.3) is 0 Å². The van der Waals surface area contributed by atoms with E-state index in [2.05, 4.69) is 4.90 Å². The summed E-state index contributed by atoms with van der Waals surface area (Å²) in [5.41, 5.74) is 0.711. The highest BCUT2D eigenvalue weighted by molar-refractivity contribution is 5.74. The minimum atomic E-state index is -4.43. The number of rotatable bonds is 5. The summed E-state index contributed by atoms with van der Waals surface area (Å²) in [6.07, 6.45) is -4.39. The van der Waals surface area contributed by atoms with Crippen molar-refractivity contribution in [3.05, 3.63) is 65.7 Å². The zero-order valence-corrected chi connectivity index (χ0v) is 14.7. The molecule has 0 radical (unpaired) electrons. The summed E-state index contributed by atoms with van der Waals surface area (Å²) in [6.45, 7) is 2.45. The Labute approximate surface area is 155 Å². The first kappa shape index (κ1) is 19.2. The van der Waals surface area contributed by atoms with Gasteiger partial charge in [-0.25, -0.2) is 0 Å². The molecule has 1 N–H and O–H groups in total. The molecule has 1 fully saturated rings. The summed E-state index contributed by atoms with van der Waals surface area (Å²) >= 11 is 0. The highest BCUT2D eigenvalue weighted by atomic mass is 19.4. The molecule has 2 aromatic carbocycles. The summed E-state index contributed by atoms with van der Waals surface area (Å²) in [4.78, 5) is 15.8. The van der Waals surface area contributed by atoms with Crippen LogP contribution in [0.4, 0.5) is 18.9 Å². The highest BCUT2D eigenvalue weighted by Gasteiger charge is 2.32. The normalized spacial score (nSPS) is 16.9. The summed E-state index contributed by atoms with van der Waals surface area (Å²) in [5, 5.41) is 9.62. The molecule has 144 valence electrons. The molecule has 3 rings (SSSR count). The van der Waals surface area contributed by atoms with Gasteiger partial charge in [-0.3, -0.25) is 9.69 Å². The van der Waals surface area contributed by atoms with E-state index >= 15 is 0 Å². The van der Waals surface area contributed by atoms with E-state index in [-0.39, 0.29) is 6.42 Å². The van der Waals surface area contributed by atoms with Crippen molar-refractivity contribution in [1.82, 2.24) is 4.90 Å². The molecule has 0 aliphatic carbocycles. The number of piperazine rings is 1. The van der Waals surface area contributed by atoms with Gasteiger partial charge in [0.05, 0.1) is 5.56 Å². The maximum atomic E-state index is 12.9. The predicted molar refractivity (Wildman–Crippen MR) is 96.8 cm³/mol.